The molecule has 1 aromatic carbocycles. The number of ether oxygens (including phenoxy) is 2. The summed E-state index contributed by atoms with van der Waals surface area (Å²) in [6.07, 6.45) is 1.01. The lowest BCUT2D eigenvalue weighted by atomic mass is 10.2. The number of rotatable bonds is 6. The van der Waals surface area contributed by atoms with E-state index in [-0.39, 0.29) is 0 Å². The van der Waals surface area contributed by atoms with Gasteiger partial charge in [0, 0.05) is 11.0 Å². The van der Waals surface area contributed by atoms with Crippen LogP contribution in [0.15, 0.2) is 21.6 Å². The second-order valence-electron chi connectivity index (χ2n) is 3.93. The molecule has 1 rings (SSSR count). The fraction of sp³-hybridized carbons (Fsp3) is 0.462. The van der Waals surface area contributed by atoms with Gasteiger partial charge in [0.2, 0.25) is 0 Å². The highest BCUT2D eigenvalue weighted by Crippen LogP contribution is 2.33. The van der Waals surface area contributed by atoms with E-state index in [4.69, 9.17) is 15.2 Å². The summed E-state index contributed by atoms with van der Waals surface area (Å²) < 4.78 is 11.4. The van der Waals surface area contributed by atoms with Crippen LogP contribution in [-0.2, 0) is 6.54 Å². The van der Waals surface area contributed by atoms with E-state index >= 15 is 0 Å². The molecule has 0 fully saturated rings. The number of hydrogen-bond donors (Lipinski definition) is 2. The Morgan fingerprint density at radius 3 is 2.53 bits per heavy atom. The van der Waals surface area contributed by atoms with Crippen LogP contribution >= 0.6 is 15.9 Å². The van der Waals surface area contributed by atoms with Crippen LogP contribution in [0.25, 0.3) is 0 Å². The molecule has 6 heteroatoms. The average molecular weight is 330 g/mol. The number of benzene rings is 1. The summed E-state index contributed by atoms with van der Waals surface area (Å²) in [6, 6.07) is 3.75. The molecule has 0 aromatic heterocycles. The summed E-state index contributed by atoms with van der Waals surface area (Å²) in [6.45, 7) is 3.37. The lowest BCUT2D eigenvalue weighted by molar-refractivity contribution is 0.354. The molecule has 0 heterocycles. The molecule has 0 saturated heterocycles. The summed E-state index contributed by atoms with van der Waals surface area (Å²) in [5.41, 5.74) is 6.74. The first kappa shape index (κ1) is 15.6. The average Bonchev–Trinajstić information content (AvgIpc) is 2.43. The highest BCUT2D eigenvalue weighted by atomic mass is 79.9. The Kier molecular flexibility index (Phi) is 6.49. The van der Waals surface area contributed by atoms with Gasteiger partial charge in [-0.2, -0.15) is 0 Å². The standard InChI is InChI=1S/C13H20BrN3O2/c1-4-5-16-13(15)17-8-9-6-11(18-2)12(19-3)7-10(9)14/h6-7H,4-5,8H2,1-3H3,(H3,15,16,17). The van der Waals surface area contributed by atoms with E-state index in [0.717, 1.165) is 23.0 Å². The molecule has 0 spiro atoms. The number of aliphatic imine (C=N–C) groups is 1. The van der Waals surface area contributed by atoms with Gasteiger partial charge in [-0.1, -0.05) is 22.9 Å². The Balaban J connectivity index is 2.83. The number of nitrogens with one attached hydrogen (secondary N) is 1. The SMILES string of the molecule is CCCNC(N)=NCc1cc(OC)c(OC)cc1Br. The number of methoxy groups -OCH3 is 2. The third-order valence-corrected chi connectivity index (χ3v) is 3.27. The van der Waals surface area contributed by atoms with Crippen LogP contribution in [0.4, 0.5) is 0 Å². The molecule has 0 aliphatic heterocycles. The maximum atomic E-state index is 5.75. The van der Waals surface area contributed by atoms with Crippen molar-refractivity contribution in [3.05, 3.63) is 22.2 Å². The van der Waals surface area contributed by atoms with Crippen LogP contribution in [0.3, 0.4) is 0 Å². The van der Waals surface area contributed by atoms with E-state index in [0.29, 0.717) is 24.0 Å². The summed E-state index contributed by atoms with van der Waals surface area (Å²) in [5.74, 6) is 1.80. The summed E-state index contributed by atoms with van der Waals surface area (Å²) in [7, 11) is 3.21. The van der Waals surface area contributed by atoms with Crippen LogP contribution in [-0.4, -0.2) is 26.7 Å². The largest absolute Gasteiger partial charge is 0.493 e. The molecular weight excluding hydrogens is 310 g/mol. The highest BCUT2D eigenvalue weighted by Gasteiger charge is 2.09. The van der Waals surface area contributed by atoms with E-state index in [1.54, 1.807) is 14.2 Å². The third kappa shape index (κ3) is 4.63. The second kappa shape index (κ2) is 7.89. The number of halogens is 1. The van der Waals surface area contributed by atoms with Crippen molar-refractivity contribution in [3.63, 3.8) is 0 Å². The van der Waals surface area contributed by atoms with E-state index in [1.807, 2.05) is 12.1 Å². The van der Waals surface area contributed by atoms with Crippen LogP contribution in [0, 0.1) is 0 Å². The molecule has 0 saturated carbocycles. The first-order chi connectivity index (χ1) is 9.12. The van der Waals surface area contributed by atoms with E-state index < -0.39 is 0 Å². The quantitative estimate of drug-likeness (QED) is 0.620. The van der Waals surface area contributed by atoms with Gasteiger partial charge < -0.3 is 20.5 Å². The van der Waals surface area contributed by atoms with E-state index in [2.05, 4.69) is 33.2 Å². The molecule has 19 heavy (non-hydrogen) atoms. The zero-order valence-electron chi connectivity index (χ0n) is 11.5. The maximum absolute atomic E-state index is 5.75. The summed E-state index contributed by atoms with van der Waals surface area (Å²) >= 11 is 3.49. The number of nitrogens with zero attached hydrogens (tertiary/aromatic N) is 1. The van der Waals surface area contributed by atoms with Gasteiger partial charge in [0.1, 0.15) is 0 Å². The van der Waals surface area contributed by atoms with Crippen molar-refractivity contribution in [2.75, 3.05) is 20.8 Å². The van der Waals surface area contributed by atoms with Crippen LogP contribution in [0.1, 0.15) is 18.9 Å². The van der Waals surface area contributed by atoms with Crippen molar-refractivity contribution in [2.24, 2.45) is 10.7 Å². The van der Waals surface area contributed by atoms with Crippen LogP contribution in [0.2, 0.25) is 0 Å². The fourth-order valence-corrected chi connectivity index (χ4v) is 1.94. The Bertz CT molecular complexity index is 450. The van der Waals surface area contributed by atoms with Gasteiger partial charge in [-0.15, -0.1) is 0 Å². The number of hydrogen-bond acceptors (Lipinski definition) is 3. The fourth-order valence-electron chi connectivity index (χ4n) is 1.50. The van der Waals surface area contributed by atoms with Crippen molar-refractivity contribution < 1.29 is 9.47 Å². The zero-order chi connectivity index (χ0) is 14.3. The molecule has 0 amide bonds. The van der Waals surface area contributed by atoms with Crippen LogP contribution < -0.4 is 20.5 Å². The summed E-state index contributed by atoms with van der Waals surface area (Å²) in [5, 5.41) is 3.03. The minimum atomic E-state index is 0.448. The van der Waals surface area contributed by atoms with Gasteiger partial charge in [0.25, 0.3) is 0 Å². The topological polar surface area (TPSA) is 68.9 Å². The molecule has 0 unspecified atom stereocenters. The molecule has 0 aliphatic rings. The van der Waals surface area contributed by atoms with Gasteiger partial charge in [-0.25, -0.2) is 4.99 Å². The van der Waals surface area contributed by atoms with E-state index in [1.165, 1.54) is 0 Å². The monoisotopic (exact) mass is 329 g/mol. The van der Waals surface area contributed by atoms with Gasteiger partial charge in [0.15, 0.2) is 17.5 Å². The lowest BCUT2D eigenvalue weighted by Gasteiger charge is -2.11. The number of nitrogens with two attached hydrogens (primary N) is 1. The van der Waals surface area contributed by atoms with Crippen molar-refractivity contribution in [1.82, 2.24) is 5.32 Å². The smallest absolute Gasteiger partial charge is 0.188 e. The van der Waals surface area contributed by atoms with Gasteiger partial charge in [0.05, 0.1) is 20.8 Å². The molecule has 5 nitrogen and oxygen atoms in total. The predicted molar refractivity (Wildman–Crippen MR) is 80.9 cm³/mol. The van der Waals surface area contributed by atoms with Gasteiger partial charge in [-0.05, 0) is 24.1 Å². The first-order valence-corrected chi connectivity index (χ1v) is 6.85. The predicted octanol–water partition coefficient (Wildman–Crippen LogP) is 2.28. The molecule has 0 aliphatic carbocycles. The van der Waals surface area contributed by atoms with Gasteiger partial charge in [-0.3, -0.25) is 0 Å². The molecule has 0 radical (unpaired) electrons. The molecule has 106 valence electrons. The molecule has 0 atom stereocenters. The first-order valence-electron chi connectivity index (χ1n) is 6.06. The Hall–Kier alpha value is -1.43. The van der Waals surface area contributed by atoms with E-state index in [9.17, 15) is 0 Å². The minimum Gasteiger partial charge on any atom is -0.493 e. The number of guanidine groups is 1. The molecule has 1 aromatic rings. The van der Waals surface area contributed by atoms with Crippen molar-refractivity contribution in [1.29, 1.82) is 0 Å². The van der Waals surface area contributed by atoms with Crippen molar-refractivity contribution in [3.8, 4) is 11.5 Å². The lowest BCUT2D eigenvalue weighted by Crippen LogP contribution is -2.32. The maximum Gasteiger partial charge on any atom is 0.188 e. The van der Waals surface area contributed by atoms with Gasteiger partial charge >= 0.3 is 0 Å². The molecule has 3 N–H and O–H groups in total. The molecule has 0 bridgehead atoms. The van der Waals surface area contributed by atoms with Crippen molar-refractivity contribution >= 4 is 21.9 Å². The Morgan fingerprint density at radius 2 is 1.95 bits per heavy atom. The summed E-state index contributed by atoms with van der Waals surface area (Å²) in [4.78, 5) is 4.28. The normalized spacial score (nSPS) is 11.3. The van der Waals surface area contributed by atoms with Crippen LogP contribution in [0.5, 0.6) is 11.5 Å². The highest BCUT2D eigenvalue weighted by molar-refractivity contribution is 9.10. The van der Waals surface area contributed by atoms with Crippen molar-refractivity contribution in [2.45, 2.75) is 19.9 Å². The molecular formula is C13H20BrN3O2. The third-order valence-electron chi connectivity index (χ3n) is 2.53. The zero-order valence-corrected chi connectivity index (χ0v) is 13.1. The Morgan fingerprint density at radius 1 is 1.32 bits per heavy atom. The minimum absolute atomic E-state index is 0.448. The Labute approximate surface area is 122 Å². The second-order valence-corrected chi connectivity index (χ2v) is 4.78.